The Bertz CT molecular complexity index is 790. The number of piperidine rings is 2. The number of benzene rings is 1. The zero-order valence-electron chi connectivity index (χ0n) is 15.1. The summed E-state index contributed by atoms with van der Waals surface area (Å²) in [7, 11) is 0. The largest absolute Gasteiger partial charge is 0.454 e. The van der Waals surface area contributed by atoms with Crippen molar-refractivity contribution in [2.75, 3.05) is 31.3 Å². The molecule has 2 saturated heterocycles. The molecule has 5 nitrogen and oxygen atoms in total. The predicted molar refractivity (Wildman–Crippen MR) is 112 cm³/mol. The minimum Gasteiger partial charge on any atom is -0.454 e. The Hall–Kier alpha value is -1.69. The van der Waals surface area contributed by atoms with Gasteiger partial charge in [-0.1, -0.05) is 6.07 Å². The van der Waals surface area contributed by atoms with Gasteiger partial charge >= 0.3 is 0 Å². The van der Waals surface area contributed by atoms with Crippen molar-refractivity contribution in [1.82, 2.24) is 10.3 Å². The minimum atomic E-state index is 0. The summed E-state index contributed by atoms with van der Waals surface area (Å²) in [5.41, 5.74) is 2.31. The molecule has 7 heteroatoms. The lowest BCUT2D eigenvalue weighted by atomic mass is 9.85. The molecule has 2 aromatic rings. The lowest BCUT2D eigenvalue weighted by Gasteiger charge is -2.42. The average molecular weight is 410 g/mol. The molecule has 27 heavy (non-hydrogen) atoms. The molecule has 0 unspecified atom stereocenters. The Labute approximate surface area is 172 Å². The van der Waals surface area contributed by atoms with E-state index in [4.69, 9.17) is 9.47 Å². The monoisotopic (exact) mass is 409 g/mol. The fraction of sp³-hybridized carbons (Fsp3) is 0.450. The Kier molecular flexibility index (Phi) is 6.35. The van der Waals surface area contributed by atoms with Gasteiger partial charge in [-0.3, -0.25) is 0 Å². The van der Waals surface area contributed by atoms with E-state index in [0.717, 1.165) is 41.9 Å². The van der Waals surface area contributed by atoms with E-state index >= 15 is 0 Å². The summed E-state index contributed by atoms with van der Waals surface area (Å²) >= 11 is 0. The maximum absolute atomic E-state index is 5.51. The van der Waals surface area contributed by atoms with E-state index < -0.39 is 0 Å². The molecule has 0 aliphatic carbocycles. The summed E-state index contributed by atoms with van der Waals surface area (Å²) in [4.78, 5) is 7.10. The first-order chi connectivity index (χ1) is 12.4. The van der Waals surface area contributed by atoms with Crippen molar-refractivity contribution in [2.24, 2.45) is 5.92 Å². The molecule has 3 aliphatic rings. The second kappa shape index (κ2) is 8.55. The van der Waals surface area contributed by atoms with E-state index in [9.17, 15) is 0 Å². The third-order valence-corrected chi connectivity index (χ3v) is 5.67. The number of anilines is 1. The molecular weight excluding hydrogens is 385 g/mol. The molecule has 0 radical (unpaired) electrons. The summed E-state index contributed by atoms with van der Waals surface area (Å²) < 4.78 is 10.9. The van der Waals surface area contributed by atoms with Crippen LogP contribution in [0.4, 0.5) is 5.82 Å². The molecule has 1 aromatic carbocycles. The van der Waals surface area contributed by atoms with Crippen molar-refractivity contribution >= 4 is 30.6 Å². The van der Waals surface area contributed by atoms with E-state index in [1.54, 1.807) is 0 Å². The molecule has 0 saturated carbocycles. The van der Waals surface area contributed by atoms with Gasteiger partial charge in [0.2, 0.25) is 6.79 Å². The minimum absolute atomic E-state index is 0. The molecule has 1 N–H and O–H groups in total. The van der Waals surface area contributed by atoms with Gasteiger partial charge in [0, 0.05) is 25.3 Å². The lowest BCUT2D eigenvalue weighted by Crippen LogP contribution is -2.52. The first kappa shape index (κ1) is 20.1. The van der Waals surface area contributed by atoms with Gasteiger partial charge in [-0.2, -0.15) is 0 Å². The van der Waals surface area contributed by atoms with Gasteiger partial charge < -0.3 is 19.7 Å². The van der Waals surface area contributed by atoms with Crippen LogP contribution >= 0.6 is 24.8 Å². The smallest absolute Gasteiger partial charge is 0.231 e. The van der Waals surface area contributed by atoms with Crippen molar-refractivity contribution < 1.29 is 9.47 Å². The van der Waals surface area contributed by atoms with Crippen LogP contribution in [0.2, 0.25) is 0 Å². The first-order valence-corrected chi connectivity index (χ1v) is 9.21. The van der Waals surface area contributed by atoms with Crippen molar-refractivity contribution in [3.05, 3.63) is 36.5 Å². The Morgan fingerprint density at radius 1 is 1.00 bits per heavy atom. The number of hydrogen-bond acceptors (Lipinski definition) is 5. The van der Waals surface area contributed by atoms with Crippen LogP contribution in [0.3, 0.4) is 0 Å². The molecule has 0 bridgehead atoms. The molecule has 1 aromatic heterocycles. The van der Waals surface area contributed by atoms with Crippen LogP contribution in [0.15, 0.2) is 36.5 Å². The quantitative estimate of drug-likeness (QED) is 0.814. The number of rotatable bonds is 2. The molecule has 146 valence electrons. The van der Waals surface area contributed by atoms with Crippen molar-refractivity contribution in [3.8, 4) is 22.6 Å². The second-order valence-electron chi connectivity index (χ2n) is 7.17. The van der Waals surface area contributed by atoms with E-state index in [1.165, 1.54) is 31.4 Å². The van der Waals surface area contributed by atoms with Crippen LogP contribution in [0.25, 0.3) is 11.1 Å². The summed E-state index contributed by atoms with van der Waals surface area (Å²) in [6, 6.07) is 11.1. The van der Waals surface area contributed by atoms with Crippen molar-refractivity contribution in [3.63, 3.8) is 0 Å². The summed E-state index contributed by atoms with van der Waals surface area (Å²) in [5.74, 6) is 3.48. The van der Waals surface area contributed by atoms with Gasteiger partial charge in [-0.05, 0) is 67.1 Å². The molecule has 4 heterocycles. The highest BCUT2D eigenvalue weighted by Crippen LogP contribution is 2.36. The Morgan fingerprint density at radius 3 is 2.78 bits per heavy atom. The molecule has 2 fully saturated rings. The van der Waals surface area contributed by atoms with E-state index in [2.05, 4.69) is 39.5 Å². The fourth-order valence-corrected chi connectivity index (χ4v) is 4.30. The average Bonchev–Trinajstić information content (AvgIpc) is 3.15. The normalized spacial score (nSPS) is 23.0. The zero-order valence-corrected chi connectivity index (χ0v) is 16.7. The fourth-order valence-electron chi connectivity index (χ4n) is 4.30. The second-order valence-corrected chi connectivity index (χ2v) is 7.17. The van der Waals surface area contributed by atoms with E-state index in [0.29, 0.717) is 12.8 Å². The van der Waals surface area contributed by atoms with E-state index in [1.807, 2.05) is 12.3 Å². The third kappa shape index (κ3) is 3.96. The number of ether oxygens (including phenoxy) is 2. The molecule has 2 atom stereocenters. The van der Waals surface area contributed by atoms with Crippen LogP contribution in [0.5, 0.6) is 11.5 Å². The molecule has 0 spiro atoms. The van der Waals surface area contributed by atoms with Gasteiger partial charge in [0.25, 0.3) is 0 Å². The Morgan fingerprint density at radius 2 is 1.85 bits per heavy atom. The highest BCUT2D eigenvalue weighted by Gasteiger charge is 2.31. The lowest BCUT2D eigenvalue weighted by molar-refractivity contribution is 0.174. The highest BCUT2D eigenvalue weighted by molar-refractivity contribution is 5.85. The first-order valence-electron chi connectivity index (χ1n) is 9.21. The summed E-state index contributed by atoms with van der Waals surface area (Å²) in [5, 5.41) is 3.68. The summed E-state index contributed by atoms with van der Waals surface area (Å²) in [6.45, 7) is 3.67. The van der Waals surface area contributed by atoms with Crippen LogP contribution in [-0.4, -0.2) is 37.5 Å². The van der Waals surface area contributed by atoms with Gasteiger partial charge in [-0.25, -0.2) is 4.98 Å². The van der Waals surface area contributed by atoms with Crippen LogP contribution in [-0.2, 0) is 0 Å². The maximum atomic E-state index is 5.51. The number of nitrogens with one attached hydrogen (secondary N) is 1. The number of pyridine rings is 1. The number of nitrogens with zero attached hydrogens (tertiary/aromatic N) is 2. The standard InChI is InChI=1S/C20H23N3O2.2ClH/c1-2-16-12-23(9-6-17(16)21-7-1)20-11-15(5-8-22-20)14-3-4-18-19(10-14)25-13-24-18;;/h3-5,8,10-11,16-17,21H,1-2,6-7,9,12-13H2;2*1H/t16-,17+;;/m1../s1. The van der Waals surface area contributed by atoms with Crippen molar-refractivity contribution in [1.29, 1.82) is 0 Å². The zero-order chi connectivity index (χ0) is 16.6. The number of aromatic nitrogens is 1. The predicted octanol–water partition coefficient (Wildman–Crippen LogP) is 3.90. The molecule has 3 aliphatic heterocycles. The van der Waals surface area contributed by atoms with Crippen LogP contribution < -0.4 is 19.7 Å². The van der Waals surface area contributed by atoms with Gasteiger partial charge in [-0.15, -0.1) is 24.8 Å². The van der Waals surface area contributed by atoms with Crippen LogP contribution in [0, 0.1) is 5.92 Å². The number of hydrogen-bond donors (Lipinski definition) is 1. The SMILES string of the molecule is Cl.Cl.c1cc(-c2ccc3c(c2)OCO3)cc(N2CC[C@@H]3NCCC[C@@H]3C2)n1. The van der Waals surface area contributed by atoms with Gasteiger partial charge in [0.05, 0.1) is 0 Å². The third-order valence-electron chi connectivity index (χ3n) is 5.67. The van der Waals surface area contributed by atoms with Gasteiger partial charge in [0.15, 0.2) is 11.5 Å². The van der Waals surface area contributed by atoms with Crippen LogP contribution in [0.1, 0.15) is 19.3 Å². The number of fused-ring (bicyclic) bond motifs is 2. The molecule has 5 rings (SSSR count). The Balaban J connectivity index is 0.00000105. The highest BCUT2D eigenvalue weighted by atomic mass is 35.5. The number of halogens is 2. The maximum Gasteiger partial charge on any atom is 0.231 e. The van der Waals surface area contributed by atoms with E-state index in [-0.39, 0.29) is 24.8 Å². The molecule has 0 amide bonds. The summed E-state index contributed by atoms with van der Waals surface area (Å²) in [6.07, 6.45) is 5.75. The van der Waals surface area contributed by atoms with Crippen molar-refractivity contribution in [2.45, 2.75) is 25.3 Å². The topological polar surface area (TPSA) is 46.6 Å². The van der Waals surface area contributed by atoms with Gasteiger partial charge in [0.1, 0.15) is 5.82 Å². The molecular formula is C20H25Cl2N3O2.